The predicted molar refractivity (Wildman–Crippen MR) is 80.6 cm³/mol. The van der Waals surface area contributed by atoms with Crippen molar-refractivity contribution in [3.8, 4) is 0 Å². The van der Waals surface area contributed by atoms with Crippen LogP contribution in [0.2, 0.25) is 0 Å². The number of amides is 1. The van der Waals surface area contributed by atoms with Crippen LogP contribution in [0.3, 0.4) is 0 Å². The summed E-state index contributed by atoms with van der Waals surface area (Å²) in [7, 11) is 0. The molecule has 0 bridgehead atoms. The molecular formula is C16H24N2O. The summed E-state index contributed by atoms with van der Waals surface area (Å²) in [6, 6.07) is 9.85. The molecule has 0 heterocycles. The van der Waals surface area contributed by atoms with Gasteiger partial charge in [0.05, 0.1) is 0 Å². The van der Waals surface area contributed by atoms with E-state index in [2.05, 4.69) is 6.92 Å². The van der Waals surface area contributed by atoms with Crippen LogP contribution in [0.4, 0.5) is 0 Å². The molecule has 3 nitrogen and oxygen atoms in total. The first-order valence-corrected chi connectivity index (χ1v) is 7.00. The molecule has 1 aromatic rings. The Morgan fingerprint density at radius 1 is 1.21 bits per heavy atom. The molecule has 104 valence electrons. The molecule has 1 rings (SSSR count). The minimum atomic E-state index is 0.0467. The summed E-state index contributed by atoms with van der Waals surface area (Å²) in [6.45, 7) is 4.09. The Balaban J connectivity index is 2.53. The van der Waals surface area contributed by atoms with E-state index in [0.717, 1.165) is 31.4 Å². The topological polar surface area (TPSA) is 46.3 Å². The Bertz CT molecular complexity index is 387. The first-order chi connectivity index (χ1) is 9.27. The molecule has 0 saturated heterocycles. The van der Waals surface area contributed by atoms with Gasteiger partial charge in [0.2, 0.25) is 5.91 Å². The Hall–Kier alpha value is -1.61. The van der Waals surface area contributed by atoms with E-state index in [1.54, 1.807) is 6.08 Å². The monoisotopic (exact) mass is 260 g/mol. The molecule has 0 saturated carbocycles. The zero-order valence-electron chi connectivity index (χ0n) is 11.7. The van der Waals surface area contributed by atoms with Crippen LogP contribution in [0, 0.1) is 0 Å². The van der Waals surface area contributed by atoms with E-state index in [0.29, 0.717) is 13.1 Å². The highest BCUT2D eigenvalue weighted by atomic mass is 16.2. The quantitative estimate of drug-likeness (QED) is 0.577. The minimum absolute atomic E-state index is 0.0467. The van der Waals surface area contributed by atoms with Crippen molar-refractivity contribution in [2.24, 2.45) is 5.73 Å². The van der Waals surface area contributed by atoms with Crippen LogP contribution in [-0.2, 0) is 4.79 Å². The lowest BCUT2D eigenvalue weighted by Gasteiger charge is -2.20. The molecule has 0 fully saturated rings. The molecule has 0 aliphatic heterocycles. The molecule has 0 radical (unpaired) electrons. The fourth-order valence-corrected chi connectivity index (χ4v) is 1.88. The number of nitrogens with zero attached hydrogens (tertiary/aromatic N) is 1. The molecular weight excluding hydrogens is 236 g/mol. The molecule has 0 atom stereocenters. The summed E-state index contributed by atoms with van der Waals surface area (Å²) < 4.78 is 0. The first-order valence-electron chi connectivity index (χ1n) is 7.00. The lowest BCUT2D eigenvalue weighted by Crippen LogP contribution is -2.35. The van der Waals surface area contributed by atoms with Gasteiger partial charge in [0.1, 0.15) is 0 Å². The summed E-state index contributed by atoms with van der Waals surface area (Å²) in [5.41, 5.74) is 6.60. The third kappa shape index (κ3) is 6.20. The Labute approximate surface area is 116 Å². The van der Waals surface area contributed by atoms with E-state index in [1.807, 2.05) is 41.3 Å². The third-order valence-electron chi connectivity index (χ3n) is 2.96. The van der Waals surface area contributed by atoms with E-state index in [9.17, 15) is 4.79 Å². The molecule has 19 heavy (non-hydrogen) atoms. The molecule has 0 aromatic heterocycles. The number of hydrogen-bond acceptors (Lipinski definition) is 2. The van der Waals surface area contributed by atoms with Crippen molar-refractivity contribution >= 4 is 12.0 Å². The number of carbonyl (C=O) groups is 1. The maximum atomic E-state index is 12.1. The van der Waals surface area contributed by atoms with Gasteiger partial charge < -0.3 is 10.6 Å². The molecule has 0 aliphatic carbocycles. The van der Waals surface area contributed by atoms with Crippen LogP contribution in [0.15, 0.2) is 36.4 Å². The van der Waals surface area contributed by atoms with Gasteiger partial charge in [-0.3, -0.25) is 4.79 Å². The van der Waals surface area contributed by atoms with Crippen molar-refractivity contribution in [2.75, 3.05) is 19.6 Å². The maximum absolute atomic E-state index is 12.1. The van der Waals surface area contributed by atoms with Crippen molar-refractivity contribution < 1.29 is 4.79 Å². The Morgan fingerprint density at radius 3 is 2.58 bits per heavy atom. The van der Waals surface area contributed by atoms with Gasteiger partial charge in [-0.2, -0.15) is 0 Å². The van der Waals surface area contributed by atoms with Gasteiger partial charge in [0.25, 0.3) is 0 Å². The molecule has 0 aliphatic rings. The van der Waals surface area contributed by atoms with Crippen LogP contribution >= 0.6 is 0 Å². The summed E-state index contributed by atoms with van der Waals surface area (Å²) in [5.74, 6) is 0.0467. The second-order valence-electron chi connectivity index (χ2n) is 4.57. The Morgan fingerprint density at radius 2 is 1.95 bits per heavy atom. The third-order valence-corrected chi connectivity index (χ3v) is 2.96. The highest BCUT2D eigenvalue weighted by Gasteiger charge is 2.08. The highest BCUT2D eigenvalue weighted by Crippen LogP contribution is 2.03. The number of benzene rings is 1. The zero-order valence-corrected chi connectivity index (χ0v) is 11.7. The van der Waals surface area contributed by atoms with Crippen molar-refractivity contribution in [3.05, 3.63) is 42.0 Å². The van der Waals surface area contributed by atoms with Crippen LogP contribution in [0.25, 0.3) is 6.08 Å². The lowest BCUT2D eigenvalue weighted by atomic mass is 10.2. The molecule has 0 spiro atoms. The Kier molecular flexibility index (Phi) is 7.59. The van der Waals surface area contributed by atoms with Gasteiger partial charge in [-0.15, -0.1) is 0 Å². The van der Waals surface area contributed by atoms with Crippen LogP contribution in [0.5, 0.6) is 0 Å². The molecule has 1 aromatic carbocycles. The van der Waals surface area contributed by atoms with E-state index in [-0.39, 0.29) is 5.91 Å². The van der Waals surface area contributed by atoms with Gasteiger partial charge in [-0.05, 0) is 18.1 Å². The number of rotatable bonds is 8. The average Bonchev–Trinajstić information content (AvgIpc) is 2.45. The number of unbranched alkanes of at least 4 members (excludes halogenated alkanes) is 2. The van der Waals surface area contributed by atoms with Gasteiger partial charge in [-0.1, -0.05) is 50.1 Å². The van der Waals surface area contributed by atoms with E-state index < -0.39 is 0 Å². The first kappa shape index (κ1) is 15.4. The van der Waals surface area contributed by atoms with Gasteiger partial charge in [-0.25, -0.2) is 0 Å². The second kappa shape index (κ2) is 9.34. The predicted octanol–water partition coefficient (Wildman–Crippen LogP) is 2.68. The standard InChI is InChI=1S/C16H24N2O/c1-2-3-7-13-18(14-12-17)16(19)11-10-15-8-5-4-6-9-15/h4-6,8-11H,2-3,7,12-14,17H2,1H3/b11-10+. The average molecular weight is 260 g/mol. The van der Waals surface area contributed by atoms with Crippen LogP contribution in [0.1, 0.15) is 31.7 Å². The second-order valence-corrected chi connectivity index (χ2v) is 4.57. The number of hydrogen-bond donors (Lipinski definition) is 1. The smallest absolute Gasteiger partial charge is 0.246 e. The summed E-state index contributed by atoms with van der Waals surface area (Å²) in [5, 5.41) is 0. The fourth-order valence-electron chi connectivity index (χ4n) is 1.88. The van der Waals surface area contributed by atoms with E-state index >= 15 is 0 Å². The molecule has 3 heteroatoms. The fraction of sp³-hybridized carbons (Fsp3) is 0.438. The highest BCUT2D eigenvalue weighted by molar-refractivity contribution is 5.91. The van der Waals surface area contributed by atoms with Crippen LogP contribution in [-0.4, -0.2) is 30.4 Å². The number of carbonyl (C=O) groups excluding carboxylic acids is 1. The van der Waals surface area contributed by atoms with Gasteiger partial charge in [0, 0.05) is 25.7 Å². The van der Waals surface area contributed by atoms with E-state index in [4.69, 9.17) is 5.73 Å². The van der Waals surface area contributed by atoms with E-state index in [1.165, 1.54) is 0 Å². The normalized spacial score (nSPS) is 10.8. The summed E-state index contributed by atoms with van der Waals surface area (Å²) >= 11 is 0. The SMILES string of the molecule is CCCCCN(CCN)C(=O)/C=C/c1ccccc1. The molecule has 0 unspecified atom stereocenters. The molecule has 1 amide bonds. The lowest BCUT2D eigenvalue weighted by molar-refractivity contribution is -0.125. The number of nitrogens with two attached hydrogens (primary N) is 1. The maximum Gasteiger partial charge on any atom is 0.246 e. The minimum Gasteiger partial charge on any atom is -0.338 e. The van der Waals surface area contributed by atoms with Crippen molar-refractivity contribution in [3.63, 3.8) is 0 Å². The van der Waals surface area contributed by atoms with Crippen LogP contribution < -0.4 is 5.73 Å². The van der Waals surface area contributed by atoms with Crippen molar-refractivity contribution in [2.45, 2.75) is 26.2 Å². The van der Waals surface area contributed by atoms with Crippen molar-refractivity contribution in [1.29, 1.82) is 0 Å². The summed E-state index contributed by atoms with van der Waals surface area (Å²) in [4.78, 5) is 13.9. The van der Waals surface area contributed by atoms with Crippen molar-refractivity contribution in [1.82, 2.24) is 4.90 Å². The molecule has 2 N–H and O–H groups in total. The largest absolute Gasteiger partial charge is 0.338 e. The zero-order chi connectivity index (χ0) is 13.9. The van der Waals surface area contributed by atoms with Gasteiger partial charge in [0.15, 0.2) is 0 Å². The van der Waals surface area contributed by atoms with Gasteiger partial charge >= 0.3 is 0 Å². The summed E-state index contributed by atoms with van der Waals surface area (Å²) in [6.07, 6.45) is 6.84.